The zero-order valence-electron chi connectivity index (χ0n) is 38.1. The maximum Gasteiger partial charge on any atom is 0.411 e. The number of anilines is 1. The highest BCUT2D eigenvalue weighted by atomic mass is 28.3. The Kier molecular flexibility index (Phi) is 12.9. The van der Waals surface area contributed by atoms with Gasteiger partial charge in [-0.3, -0.25) is 9.88 Å². The molecule has 12 nitrogen and oxygen atoms in total. The summed E-state index contributed by atoms with van der Waals surface area (Å²) in [6.07, 6.45) is 3.90. The molecule has 1 amide bonds. The van der Waals surface area contributed by atoms with E-state index in [0.29, 0.717) is 78.1 Å². The Labute approximate surface area is 366 Å². The summed E-state index contributed by atoms with van der Waals surface area (Å²) in [5.74, 6) is 3.85. The number of aromatic nitrogens is 3. The Morgan fingerprint density at radius 1 is 1.05 bits per heavy atom. The lowest BCUT2D eigenvalue weighted by atomic mass is 9.96. The third-order valence-corrected chi connectivity index (χ3v) is 19.2. The predicted octanol–water partition coefficient (Wildman–Crippen LogP) is 9.50. The quantitative estimate of drug-likeness (QED) is 0.0521. The summed E-state index contributed by atoms with van der Waals surface area (Å²) < 4.78 is 47.2. The summed E-state index contributed by atoms with van der Waals surface area (Å²) in [6, 6.07) is 8.94. The lowest BCUT2D eigenvalue weighted by Gasteiger charge is -2.42. The van der Waals surface area contributed by atoms with Gasteiger partial charge in [-0.2, -0.15) is 9.97 Å². The monoisotopic (exact) mass is 867 g/mol. The maximum atomic E-state index is 17.8. The summed E-state index contributed by atoms with van der Waals surface area (Å²) >= 11 is 0. The molecular formula is C48H62FN5O7Si. The highest BCUT2D eigenvalue weighted by molar-refractivity contribution is 6.90. The van der Waals surface area contributed by atoms with Crippen molar-refractivity contribution in [1.29, 1.82) is 0 Å². The largest absolute Gasteiger partial charge is 0.468 e. The van der Waals surface area contributed by atoms with Crippen LogP contribution in [0.25, 0.3) is 32.9 Å². The third kappa shape index (κ3) is 8.73. The minimum absolute atomic E-state index is 0.00372. The summed E-state index contributed by atoms with van der Waals surface area (Å²) in [5.41, 5.74) is 5.18. The second-order valence-electron chi connectivity index (χ2n) is 19.1. The van der Waals surface area contributed by atoms with Crippen LogP contribution in [0, 0.1) is 22.7 Å². The Balaban J connectivity index is 1.39. The molecule has 2 bridgehead atoms. The topological polar surface area (TPSA) is 125 Å². The van der Waals surface area contributed by atoms with Crippen LogP contribution in [0.3, 0.4) is 0 Å². The van der Waals surface area contributed by atoms with Crippen molar-refractivity contribution in [2.75, 3.05) is 45.1 Å². The van der Waals surface area contributed by atoms with Crippen molar-refractivity contribution < 1.29 is 37.7 Å². The standard InChI is InChI=1S/C48H62FN5O7Si/c1-12-58-39-21-34-24-53(25-38(39)54(34)46(56)61-47(8,9)10)44-37-23-50-42(41(49)43(37)51-45(52-44)59-27-48(26-55)17-18-48)36-22-35(60-28-57-11)20-33-15-13-14-32(40(33)36)16-19-62(29(2)3,30(4)5)31(6)7/h13-15,20,22-23,26,29-31,34,38-39H,12,17-18,21,24-25,27-28H2,1-11H3. The van der Waals surface area contributed by atoms with E-state index >= 15 is 4.39 Å². The third-order valence-electron chi connectivity index (χ3n) is 12.9. The van der Waals surface area contributed by atoms with Crippen molar-refractivity contribution in [3.8, 4) is 34.5 Å². The van der Waals surface area contributed by atoms with E-state index in [9.17, 15) is 9.59 Å². The fourth-order valence-corrected chi connectivity index (χ4v) is 15.0. The van der Waals surface area contributed by atoms with Gasteiger partial charge in [0.2, 0.25) is 0 Å². The SMILES string of the molecule is CCOC1CC2CN(c3nc(OCC4(C=O)CC4)nc4c(F)c(-c5cc(OCOC)cc6cccc(C#C[Si](C(C)C)(C(C)C)C(C)C)c56)ncc34)CC1N2C(=O)OC(C)(C)C. The molecular weight excluding hydrogens is 806 g/mol. The van der Waals surface area contributed by atoms with Gasteiger partial charge in [0.25, 0.3) is 0 Å². The van der Waals surface area contributed by atoms with Gasteiger partial charge in [0.05, 0.1) is 29.0 Å². The summed E-state index contributed by atoms with van der Waals surface area (Å²) in [6.45, 7) is 22.4. The van der Waals surface area contributed by atoms with Crippen LogP contribution in [0.15, 0.2) is 36.5 Å². The fourth-order valence-electron chi connectivity index (χ4n) is 9.77. The normalized spacial score (nSPS) is 19.6. The number of carbonyl (C=O) groups is 2. The fraction of sp³-hybridized carbons (Fsp3) is 0.562. The van der Waals surface area contributed by atoms with Gasteiger partial charge in [-0.15, -0.1) is 5.54 Å². The lowest BCUT2D eigenvalue weighted by Crippen LogP contribution is -2.58. The van der Waals surface area contributed by atoms with Crippen LogP contribution in [0.4, 0.5) is 15.0 Å². The number of nitrogens with zero attached hydrogens (tertiary/aromatic N) is 5. The molecule has 0 N–H and O–H groups in total. The molecule has 14 heteroatoms. The molecule has 1 saturated carbocycles. The molecule has 62 heavy (non-hydrogen) atoms. The van der Waals surface area contributed by atoms with Crippen LogP contribution in [0.1, 0.15) is 94.1 Å². The van der Waals surface area contributed by atoms with E-state index in [1.807, 2.05) is 56.9 Å². The molecule has 0 radical (unpaired) electrons. The molecule has 2 saturated heterocycles. The van der Waals surface area contributed by atoms with Crippen molar-refractivity contribution in [2.45, 2.75) is 129 Å². The van der Waals surface area contributed by atoms with Gasteiger partial charge in [-0.1, -0.05) is 59.6 Å². The number of fused-ring (bicyclic) bond motifs is 4. The van der Waals surface area contributed by atoms with Gasteiger partial charge in [0.1, 0.15) is 49.3 Å². The number of methoxy groups -OCH3 is 1. The molecule has 3 aliphatic rings. The van der Waals surface area contributed by atoms with Gasteiger partial charge in [-0.25, -0.2) is 9.18 Å². The molecule has 3 fully saturated rings. The van der Waals surface area contributed by atoms with E-state index in [-0.39, 0.29) is 48.8 Å². The maximum absolute atomic E-state index is 17.8. The molecule has 0 spiro atoms. The summed E-state index contributed by atoms with van der Waals surface area (Å²) in [5, 5.41) is 1.94. The molecule has 7 rings (SSSR count). The second-order valence-corrected chi connectivity index (χ2v) is 24.7. The van der Waals surface area contributed by atoms with Gasteiger partial charge < -0.3 is 33.4 Å². The molecule has 4 aromatic rings. The van der Waals surface area contributed by atoms with Crippen LogP contribution >= 0.6 is 0 Å². The average Bonchev–Trinajstić information content (AvgIpc) is 3.96. The van der Waals surface area contributed by atoms with E-state index in [1.165, 1.54) is 0 Å². The van der Waals surface area contributed by atoms with Crippen molar-refractivity contribution in [3.05, 3.63) is 47.9 Å². The number of aldehydes is 1. The number of rotatable bonds is 14. The van der Waals surface area contributed by atoms with E-state index in [1.54, 1.807) is 24.3 Å². The number of benzene rings is 2. The van der Waals surface area contributed by atoms with Crippen LogP contribution < -0.4 is 14.4 Å². The molecule has 2 aromatic heterocycles. The Hall–Kier alpha value is -4.84. The van der Waals surface area contributed by atoms with Crippen molar-refractivity contribution in [2.24, 2.45) is 5.41 Å². The van der Waals surface area contributed by atoms with E-state index < -0.39 is 31.0 Å². The minimum Gasteiger partial charge on any atom is -0.468 e. The number of hydrogen-bond donors (Lipinski definition) is 0. The number of ether oxygens (including phenoxy) is 5. The first-order valence-corrected chi connectivity index (χ1v) is 24.2. The number of piperazine rings is 1. The van der Waals surface area contributed by atoms with Gasteiger partial charge in [0, 0.05) is 49.5 Å². The number of carbonyl (C=O) groups excluding carboxylic acids is 2. The molecule has 2 aliphatic heterocycles. The van der Waals surface area contributed by atoms with E-state index in [0.717, 1.165) is 22.6 Å². The molecule has 2 aromatic carbocycles. The van der Waals surface area contributed by atoms with Crippen LogP contribution in [0.2, 0.25) is 16.6 Å². The minimum atomic E-state index is -2.14. The van der Waals surface area contributed by atoms with Gasteiger partial charge >= 0.3 is 12.1 Å². The zero-order valence-corrected chi connectivity index (χ0v) is 39.1. The molecule has 4 heterocycles. The molecule has 1 aliphatic carbocycles. The van der Waals surface area contributed by atoms with Gasteiger partial charge in [-0.05, 0) is 87.2 Å². The van der Waals surface area contributed by atoms with Crippen LogP contribution in [0.5, 0.6) is 11.8 Å². The van der Waals surface area contributed by atoms with Crippen molar-refractivity contribution >= 4 is 47.9 Å². The van der Waals surface area contributed by atoms with Crippen LogP contribution in [-0.4, -0.2) is 104 Å². The lowest BCUT2D eigenvalue weighted by molar-refractivity contribution is -0.113. The number of amides is 1. The first-order chi connectivity index (χ1) is 29.5. The number of halogens is 1. The smallest absolute Gasteiger partial charge is 0.411 e. The van der Waals surface area contributed by atoms with Gasteiger partial charge in [0.15, 0.2) is 12.6 Å². The Morgan fingerprint density at radius 3 is 2.40 bits per heavy atom. The first-order valence-electron chi connectivity index (χ1n) is 22.0. The Bertz CT molecular complexity index is 2370. The summed E-state index contributed by atoms with van der Waals surface area (Å²) in [4.78, 5) is 43.8. The highest BCUT2D eigenvalue weighted by Gasteiger charge is 2.51. The number of hydrogen-bond acceptors (Lipinski definition) is 11. The predicted molar refractivity (Wildman–Crippen MR) is 242 cm³/mol. The number of pyridine rings is 1. The zero-order chi connectivity index (χ0) is 44.7. The first kappa shape index (κ1) is 45.2. The van der Waals surface area contributed by atoms with Crippen molar-refractivity contribution in [3.63, 3.8) is 0 Å². The Morgan fingerprint density at radius 2 is 1.77 bits per heavy atom. The van der Waals surface area contributed by atoms with Crippen LogP contribution in [-0.2, 0) is 19.0 Å². The highest BCUT2D eigenvalue weighted by Crippen LogP contribution is 2.45. The molecule has 3 unspecified atom stereocenters. The molecule has 3 atom stereocenters. The van der Waals surface area contributed by atoms with E-state index in [4.69, 9.17) is 38.6 Å². The van der Waals surface area contributed by atoms with E-state index in [2.05, 4.69) is 53.0 Å². The second kappa shape index (κ2) is 17.7. The average molecular weight is 868 g/mol. The van der Waals surface area contributed by atoms with Crippen molar-refractivity contribution in [1.82, 2.24) is 19.9 Å². The molecule has 332 valence electrons. The summed E-state index contributed by atoms with van der Waals surface area (Å²) in [7, 11) is -0.594.